The first-order valence-corrected chi connectivity index (χ1v) is 7.61. The van der Waals surface area contributed by atoms with Crippen LogP contribution in [0.2, 0.25) is 0 Å². The molecule has 1 aromatic rings. The van der Waals surface area contributed by atoms with Gasteiger partial charge in [-0.1, -0.05) is 0 Å². The van der Waals surface area contributed by atoms with Crippen LogP contribution in [0.1, 0.15) is 19.8 Å². The van der Waals surface area contributed by atoms with Crippen LogP contribution in [0.5, 0.6) is 5.75 Å². The Hall–Kier alpha value is -1.86. The summed E-state index contributed by atoms with van der Waals surface area (Å²) in [4.78, 5) is 11.1. The summed E-state index contributed by atoms with van der Waals surface area (Å²) in [5, 5.41) is 9.45. The molecule has 1 heterocycles. The lowest BCUT2D eigenvalue weighted by Gasteiger charge is -2.16. The number of carbonyl (C=O) groups excluding carboxylic acids is 1. The van der Waals surface area contributed by atoms with Gasteiger partial charge in [0.25, 0.3) is 0 Å². The first-order valence-electron chi connectivity index (χ1n) is 7.20. The first kappa shape index (κ1) is 16.5. The summed E-state index contributed by atoms with van der Waals surface area (Å²) in [5.41, 5.74) is 1.37. The molecule has 0 aromatic heterocycles. The fraction of sp³-hybridized carbons (Fsp3) is 0.467. The lowest BCUT2D eigenvalue weighted by molar-refractivity contribution is -0.114. The first-order chi connectivity index (χ1) is 10.6. The molecule has 0 bridgehead atoms. The highest BCUT2D eigenvalue weighted by atomic mass is 32.1. The Kier molecular flexibility index (Phi) is 5.97. The number of ether oxygens (including phenoxy) is 2. The normalized spacial score (nSPS) is 16.9. The fourth-order valence-electron chi connectivity index (χ4n) is 2.27. The smallest absolute Gasteiger partial charge is 0.221 e. The minimum atomic E-state index is -0.129. The Labute approximate surface area is 135 Å². The molecule has 1 fully saturated rings. The number of benzene rings is 1. The molecule has 120 valence electrons. The van der Waals surface area contributed by atoms with Crippen molar-refractivity contribution < 1.29 is 14.3 Å². The Morgan fingerprint density at radius 3 is 2.91 bits per heavy atom. The molecular formula is C15H21N3O3S. The van der Waals surface area contributed by atoms with E-state index in [-0.39, 0.29) is 12.0 Å². The van der Waals surface area contributed by atoms with Gasteiger partial charge in [0.1, 0.15) is 5.75 Å². The van der Waals surface area contributed by atoms with E-state index >= 15 is 0 Å². The van der Waals surface area contributed by atoms with Gasteiger partial charge in [0.2, 0.25) is 5.91 Å². The van der Waals surface area contributed by atoms with Gasteiger partial charge < -0.3 is 25.4 Å². The number of methoxy groups -OCH3 is 1. The van der Waals surface area contributed by atoms with E-state index in [2.05, 4.69) is 16.0 Å². The summed E-state index contributed by atoms with van der Waals surface area (Å²) in [6, 6.07) is 5.32. The molecule has 1 aromatic carbocycles. The SMILES string of the molecule is COc1ccc(NC(C)=O)cc1NC(=S)NC[C@@H]1CCCO1. The molecule has 7 heteroatoms. The maximum atomic E-state index is 11.1. The molecule has 0 aliphatic carbocycles. The predicted octanol–water partition coefficient (Wildman–Crippen LogP) is 2.12. The Morgan fingerprint density at radius 1 is 1.45 bits per heavy atom. The van der Waals surface area contributed by atoms with E-state index in [0.717, 1.165) is 19.4 Å². The lowest BCUT2D eigenvalue weighted by Crippen LogP contribution is -2.34. The maximum absolute atomic E-state index is 11.1. The standard InChI is InChI=1S/C15H21N3O3S/c1-10(19)17-11-5-6-14(20-2)13(8-11)18-15(22)16-9-12-4-3-7-21-12/h5-6,8,12H,3-4,7,9H2,1-2H3,(H,17,19)(H2,16,18,22)/t12-/m0/s1. The number of anilines is 2. The van der Waals surface area contributed by atoms with Gasteiger partial charge in [-0.05, 0) is 43.3 Å². The molecule has 3 N–H and O–H groups in total. The van der Waals surface area contributed by atoms with Crippen LogP contribution in [0.3, 0.4) is 0 Å². The number of thiocarbonyl (C=S) groups is 1. The summed E-state index contributed by atoms with van der Waals surface area (Å²) >= 11 is 5.29. The largest absolute Gasteiger partial charge is 0.495 e. The molecule has 1 atom stereocenters. The molecule has 2 rings (SSSR count). The molecule has 1 aliphatic rings. The molecule has 0 unspecified atom stereocenters. The summed E-state index contributed by atoms with van der Waals surface area (Å²) in [5.74, 6) is 0.519. The van der Waals surface area contributed by atoms with Crippen LogP contribution in [0.4, 0.5) is 11.4 Å². The average Bonchev–Trinajstić information content (AvgIpc) is 2.98. The summed E-state index contributed by atoms with van der Waals surface area (Å²) < 4.78 is 10.8. The second kappa shape index (κ2) is 7.95. The van der Waals surface area contributed by atoms with Gasteiger partial charge in [-0.2, -0.15) is 0 Å². The van der Waals surface area contributed by atoms with E-state index in [1.165, 1.54) is 6.92 Å². The van der Waals surface area contributed by atoms with Crippen LogP contribution in [-0.2, 0) is 9.53 Å². The van der Waals surface area contributed by atoms with Crippen LogP contribution < -0.4 is 20.7 Å². The minimum absolute atomic E-state index is 0.129. The molecule has 0 radical (unpaired) electrons. The molecule has 6 nitrogen and oxygen atoms in total. The van der Waals surface area contributed by atoms with Crippen LogP contribution >= 0.6 is 12.2 Å². The van der Waals surface area contributed by atoms with Crippen molar-refractivity contribution in [2.75, 3.05) is 30.9 Å². The summed E-state index contributed by atoms with van der Waals surface area (Å²) in [6.07, 6.45) is 2.36. The number of rotatable bonds is 5. The third-order valence-corrected chi connectivity index (χ3v) is 3.53. The topological polar surface area (TPSA) is 71.6 Å². The van der Waals surface area contributed by atoms with Crippen molar-refractivity contribution in [1.29, 1.82) is 0 Å². The second-order valence-electron chi connectivity index (χ2n) is 5.07. The third-order valence-electron chi connectivity index (χ3n) is 3.28. The zero-order valence-corrected chi connectivity index (χ0v) is 13.6. The second-order valence-corrected chi connectivity index (χ2v) is 5.47. The van der Waals surface area contributed by atoms with Crippen molar-refractivity contribution in [3.05, 3.63) is 18.2 Å². The Bertz CT molecular complexity index is 545. The van der Waals surface area contributed by atoms with Gasteiger partial charge in [-0.15, -0.1) is 0 Å². The molecule has 1 saturated heterocycles. The number of nitrogens with one attached hydrogen (secondary N) is 3. The van der Waals surface area contributed by atoms with Crippen molar-refractivity contribution in [2.45, 2.75) is 25.9 Å². The Balaban J connectivity index is 1.96. The van der Waals surface area contributed by atoms with Gasteiger partial charge in [-0.25, -0.2) is 0 Å². The van der Waals surface area contributed by atoms with E-state index in [1.807, 2.05) is 0 Å². The van der Waals surface area contributed by atoms with Crippen LogP contribution in [0.25, 0.3) is 0 Å². The van der Waals surface area contributed by atoms with E-state index in [1.54, 1.807) is 25.3 Å². The van der Waals surface area contributed by atoms with E-state index in [9.17, 15) is 4.79 Å². The van der Waals surface area contributed by atoms with Crippen molar-refractivity contribution in [1.82, 2.24) is 5.32 Å². The molecule has 0 saturated carbocycles. The average molecular weight is 323 g/mol. The molecule has 1 aliphatic heterocycles. The van der Waals surface area contributed by atoms with Crippen LogP contribution in [0.15, 0.2) is 18.2 Å². The van der Waals surface area contributed by atoms with Gasteiger partial charge in [0.05, 0.1) is 18.9 Å². The minimum Gasteiger partial charge on any atom is -0.495 e. The highest BCUT2D eigenvalue weighted by Gasteiger charge is 2.15. The fourth-order valence-corrected chi connectivity index (χ4v) is 2.46. The number of amides is 1. The summed E-state index contributed by atoms with van der Waals surface area (Å²) in [7, 11) is 1.58. The van der Waals surface area contributed by atoms with Gasteiger partial charge in [-0.3, -0.25) is 4.79 Å². The zero-order chi connectivity index (χ0) is 15.9. The highest BCUT2D eigenvalue weighted by molar-refractivity contribution is 7.80. The Morgan fingerprint density at radius 2 is 2.27 bits per heavy atom. The van der Waals surface area contributed by atoms with Crippen LogP contribution in [0, 0.1) is 0 Å². The van der Waals surface area contributed by atoms with E-state index in [0.29, 0.717) is 28.8 Å². The lowest BCUT2D eigenvalue weighted by atomic mass is 10.2. The number of hydrogen-bond donors (Lipinski definition) is 3. The van der Waals surface area contributed by atoms with E-state index in [4.69, 9.17) is 21.7 Å². The monoisotopic (exact) mass is 323 g/mol. The molecular weight excluding hydrogens is 302 g/mol. The van der Waals surface area contributed by atoms with Crippen molar-refractivity contribution in [3.8, 4) is 5.75 Å². The van der Waals surface area contributed by atoms with Crippen LogP contribution in [-0.4, -0.2) is 37.4 Å². The number of carbonyl (C=O) groups is 1. The predicted molar refractivity (Wildman–Crippen MR) is 90.5 cm³/mol. The molecule has 1 amide bonds. The zero-order valence-electron chi connectivity index (χ0n) is 12.8. The van der Waals surface area contributed by atoms with E-state index < -0.39 is 0 Å². The third kappa shape index (κ3) is 4.85. The summed E-state index contributed by atoms with van der Waals surface area (Å²) in [6.45, 7) is 2.96. The van der Waals surface area contributed by atoms with Crippen molar-refractivity contribution >= 4 is 34.6 Å². The molecule has 0 spiro atoms. The van der Waals surface area contributed by atoms with Gasteiger partial charge >= 0.3 is 0 Å². The van der Waals surface area contributed by atoms with Gasteiger partial charge in [0.15, 0.2) is 5.11 Å². The molecule has 22 heavy (non-hydrogen) atoms. The number of hydrogen-bond acceptors (Lipinski definition) is 4. The van der Waals surface area contributed by atoms with Crippen molar-refractivity contribution in [2.24, 2.45) is 0 Å². The van der Waals surface area contributed by atoms with Gasteiger partial charge in [0, 0.05) is 25.8 Å². The van der Waals surface area contributed by atoms with Crippen molar-refractivity contribution in [3.63, 3.8) is 0 Å². The quantitative estimate of drug-likeness (QED) is 0.721. The maximum Gasteiger partial charge on any atom is 0.221 e. The highest BCUT2D eigenvalue weighted by Crippen LogP contribution is 2.27.